The number of rotatable bonds is 9. The molecule has 0 spiro atoms. The lowest BCUT2D eigenvalue weighted by atomic mass is 10.00. The maximum absolute atomic E-state index is 13.9. The van der Waals surface area contributed by atoms with Gasteiger partial charge in [-0.2, -0.15) is 0 Å². The molecule has 10 heteroatoms. The fraction of sp³-hybridized carbons (Fsp3) is 0.250. The van der Waals surface area contributed by atoms with Crippen LogP contribution in [0.2, 0.25) is 5.02 Å². The van der Waals surface area contributed by atoms with Crippen molar-refractivity contribution in [3.8, 4) is 11.5 Å². The number of ether oxygens (including phenoxy) is 1. The number of para-hydroxylation sites is 2. The fourth-order valence-corrected chi connectivity index (χ4v) is 7.64. The first-order valence-corrected chi connectivity index (χ1v) is 14.9. The van der Waals surface area contributed by atoms with Crippen LogP contribution in [0.5, 0.6) is 11.5 Å². The lowest BCUT2D eigenvalue weighted by Gasteiger charge is -2.34. The number of esters is 1. The molecule has 2 aliphatic heterocycles. The van der Waals surface area contributed by atoms with Crippen molar-refractivity contribution in [1.82, 2.24) is 4.90 Å². The molecule has 0 radical (unpaired) electrons. The predicted molar refractivity (Wildman–Crippen MR) is 148 cm³/mol. The summed E-state index contributed by atoms with van der Waals surface area (Å²) in [4.78, 5) is 16.0. The second-order valence-electron chi connectivity index (χ2n) is 8.81. The van der Waals surface area contributed by atoms with Crippen LogP contribution in [-0.4, -0.2) is 36.5 Å². The average Bonchev–Trinajstić information content (AvgIpc) is 3.31. The van der Waals surface area contributed by atoms with Crippen LogP contribution >= 0.6 is 31.2 Å². The SMILES string of the molecule is COC(=O)[C@H](c1ccccc1Cl)N1CCC2=C(CC(OP(=O)(Oc3ccccc3)Oc3ccccc3)S2)C1. The molecule has 0 saturated carbocycles. The molecule has 2 atom stereocenters. The zero-order valence-electron chi connectivity index (χ0n) is 20.7. The Bertz CT molecular complexity index is 1310. The number of hydrogen-bond donors (Lipinski definition) is 0. The van der Waals surface area contributed by atoms with Gasteiger partial charge in [-0.1, -0.05) is 78.0 Å². The van der Waals surface area contributed by atoms with Gasteiger partial charge in [0.05, 0.1) is 7.11 Å². The lowest BCUT2D eigenvalue weighted by molar-refractivity contribution is -0.147. The Labute approximate surface area is 231 Å². The van der Waals surface area contributed by atoms with Crippen molar-refractivity contribution in [3.63, 3.8) is 0 Å². The summed E-state index contributed by atoms with van der Waals surface area (Å²) in [5.74, 6) is 0.413. The quantitative estimate of drug-likeness (QED) is 0.196. The van der Waals surface area contributed by atoms with Crippen molar-refractivity contribution in [3.05, 3.63) is 106 Å². The zero-order chi connectivity index (χ0) is 26.5. The largest absolute Gasteiger partial charge is 0.588 e. The van der Waals surface area contributed by atoms with E-state index in [1.807, 2.05) is 30.3 Å². The molecule has 0 aliphatic carbocycles. The van der Waals surface area contributed by atoms with Crippen molar-refractivity contribution in [2.45, 2.75) is 24.3 Å². The molecule has 0 saturated heterocycles. The van der Waals surface area contributed by atoms with Crippen LogP contribution in [0, 0.1) is 0 Å². The first-order valence-electron chi connectivity index (χ1n) is 12.2. The van der Waals surface area contributed by atoms with E-state index in [9.17, 15) is 9.36 Å². The number of benzene rings is 3. The fourth-order valence-electron chi connectivity index (χ4n) is 4.54. The number of hydrogen-bond acceptors (Lipinski definition) is 8. The van der Waals surface area contributed by atoms with Crippen LogP contribution in [0.15, 0.2) is 95.4 Å². The summed E-state index contributed by atoms with van der Waals surface area (Å²) in [7, 11) is -2.65. The average molecular weight is 572 g/mol. The molecule has 5 rings (SSSR count). The van der Waals surface area contributed by atoms with Crippen LogP contribution in [-0.2, 0) is 18.6 Å². The van der Waals surface area contributed by atoms with E-state index >= 15 is 0 Å². The molecule has 1 unspecified atom stereocenters. The Balaban J connectivity index is 1.32. The van der Waals surface area contributed by atoms with Crippen molar-refractivity contribution in [2.75, 3.05) is 20.2 Å². The van der Waals surface area contributed by atoms with Gasteiger partial charge in [-0.05, 0) is 52.8 Å². The molecule has 2 aliphatic rings. The highest BCUT2D eigenvalue weighted by atomic mass is 35.5. The molecule has 3 aromatic carbocycles. The van der Waals surface area contributed by atoms with Crippen LogP contribution < -0.4 is 9.05 Å². The topological polar surface area (TPSA) is 74.3 Å². The highest BCUT2D eigenvalue weighted by Crippen LogP contribution is 2.55. The first-order chi connectivity index (χ1) is 18.4. The Morgan fingerprint density at radius 2 is 1.58 bits per heavy atom. The number of phosphoric acid groups is 1. The molecule has 0 bridgehead atoms. The molecule has 0 amide bonds. The van der Waals surface area contributed by atoms with Crippen LogP contribution in [0.25, 0.3) is 0 Å². The third kappa shape index (κ3) is 6.28. The maximum Gasteiger partial charge on any atom is 0.588 e. The number of methoxy groups -OCH3 is 1. The van der Waals surface area contributed by atoms with Crippen molar-refractivity contribution >= 4 is 37.2 Å². The summed E-state index contributed by atoms with van der Waals surface area (Å²) in [5, 5.41) is 0.516. The molecule has 0 N–H and O–H groups in total. The third-order valence-electron chi connectivity index (χ3n) is 6.26. The molecule has 0 aromatic heterocycles. The van der Waals surface area contributed by atoms with Gasteiger partial charge in [0.25, 0.3) is 0 Å². The maximum atomic E-state index is 13.9. The summed E-state index contributed by atoms with van der Waals surface area (Å²) < 4.78 is 36.6. The van der Waals surface area contributed by atoms with E-state index in [4.69, 9.17) is 29.9 Å². The second-order valence-corrected chi connectivity index (χ2v) is 11.9. The Morgan fingerprint density at radius 1 is 0.974 bits per heavy atom. The van der Waals surface area contributed by atoms with E-state index in [0.29, 0.717) is 41.6 Å². The summed E-state index contributed by atoms with van der Waals surface area (Å²) >= 11 is 7.98. The highest BCUT2D eigenvalue weighted by molar-refractivity contribution is 8.03. The summed E-state index contributed by atoms with van der Waals surface area (Å²) in [6, 6.07) is 24.4. The standard InChI is InChI=1S/C28H27ClNO6PS/c1-33-28(31)27(23-14-8-9-15-24(23)29)30-17-16-25-20(19-30)18-26(38-25)36-37(32,34-21-10-4-2-5-11-21)35-22-12-6-3-7-13-22/h2-15,26-27H,16-19H2,1H3/t26?,27-/m0/s1. The van der Waals surface area contributed by atoms with Crippen LogP contribution in [0.3, 0.4) is 0 Å². The monoisotopic (exact) mass is 571 g/mol. The van der Waals surface area contributed by atoms with Gasteiger partial charge in [0.2, 0.25) is 0 Å². The summed E-state index contributed by atoms with van der Waals surface area (Å²) in [5.41, 5.74) is 1.37. The van der Waals surface area contributed by atoms with E-state index in [0.717, 1.165) is 12.0 Å². The number of halogens is 1. The molecule has 0 fully saturated rings. The van der Waals surface area contributed by atoms with Gasteiger partial charge in [0.15, 0.2) is 0 Å². The highest BCUT2D eigenvalue weighted by Gasteiger charge is 2.41. The van der Waals surface area contributed by atoms with E-state index in [1.54, 1.807) is 54.6 Å². The number of nitrogens with zero attached hydrogens (tertiary/aromatic N) is 1. The van der Waals surface area contributed by atoms with Gasteiger partial charge in [-0.15, -0.1) is 0 Å². The minimum atomic E-state index is -4.03. The molecule has 3 aromatic rings. The number of thioether (sulfide) groups is 1. The number of carbonyl (C=O) groups is 1. The minimum Gasteiger partial charge on any atom is -0.468 e. The molecule has 7 nitrogen and oxygen atoms in total. The molecule has 198 valence electrons. The zero-order valence-corrected chi connectivity index (χ0v) is 23.2. The van der Waals surface area contributed by atoms with Gasteiger partial charge in [0, 0.05) is 24.5 Å². The van der Waals surface area contributed by atoms with E-state index < -0.39 is 19.3 Å². The number of phosphoric ester groups is 1. The third-order valence-corrected chi connectivity index (χ3v) is 9.43. The Morgan fingerprint density at radius 3 is 2.18 bits per heavy atom. The van der Waals surface area contributed by atoms with Gasteiger partial charge in [-0.3, -0.25) is 9.42 Å². The smallest absolute Gasteiger partial charge is 0.468 e. The predicted octanol–water partition coefficient (Wildman–Crippen LogP) is 7.26. The molecule has 38 heavy (non-hydrogen) atoms. The van der Waals surface area contributed by atoms with Gasteiger partial charge in [-0.25, -0.2) is 9.36 Å². The molecular formula is C28H27ClNO6PS. The number of carbonyl (C=O) groups excluding carboxylic acids is 1. The minimum absolute atomic E-state index is 0.363. The van der Waals surface area contributed by atoms with Crippen molar-refractivity contribution < 1.29 is 27.7 Å². The Kier molecular flexibility index (Phi) is 8.46. The van der Waals surface area contributed by atoms with Gasteiger partial charge in [0.1, 0.15) is 23.0 Å². The second kappa shape index (κ2) is 12.0. The van der Waals surface area contributed by atoms with Crippen molar-refractivity contribution in [2.24, 2.45) is 0 Å². The van der Waals surface area contributed by atoms with Gasteiger partial charge < -0.3 is 13.8 Å². The van der Waals surface area contributed by atoms with Gasteiger partial charge >= 0.3 is 13.8 Å². The molecular weight excluding hydrogens is 545 g/mol. The van der Waals surface area contributed by atoms with Crippen LogP contribution in [0.4, 0.5) is 0 Å². The van der Waals surface area contributed by atoms with E-state index in [-0.39, 0.29) is 5.97 Å². The van der Waals surface area contributed by atoms with Crippen LogP contribution in [0.1, 0.15) is 24.4 Å². The summed E-state index contributed by atoms with van der Waals surface area (Å²) in [6.07, 6.45) is 1.24. The van der Waals surface area contributed by atoms with E-state index in [1.165, 1.54) is 23.8 Å². The van der Waals surface area contributed by atoms with Crippen molar-refractivity contribution in [1.29, 1.82) is 0 Å². The lowest BCUT2D eigenvalue weighted by Crippen LogP contribution is -2.39. The normalized spacial score (nSPS) is 18.5. The summed E-state index contributed by atoms with van der Waals surface area (Å²) in [6.45, 7) is 1.18. The van der Waals surface area contributed by atoms with E-state index in [2.05, 4.69) is 4.90 Å². The first kappa shape index (κ1) is 26.9. The molecule has 2 heterocycles. The Hall–Kier alpha value is -2.74.